The molecular weight excluding hydrogens is 413 g/mol. The number of fused-ring (bicyclic) bond motifs is 1. The van der Waals surface area contributed by atoms with Crippen molar-refractivity contribution in [2.24, 2.45) is 0 Å². The average molecular weight is 430 g/mol. The summed E-state index contributed by atoms with van der Waals surface area (Å²) >= 11 is 7.53. The Morgan fingerprint density at radius 1 is 1.17 bits per heavy atom. The number of rotatable bonds is 8. The molecule has 0 saturated heterocycles. The van der Waals surface area contributed by atoms with Crippen molar-refractivity contribution in [3.05, 3.63) is 83.8 Å². The molecule has 29 heavy (non-hydrogen) atoms. The molecule has 0 atom stereocenters. The van der Waals surface area contributed by atoms with Gasteiger partial charge in [-0.3, -0.25) is 4.57 Å². The Morgan fingerprint density at radius 3 is 2.86 bits per heavy atom. The molecule has 4 rings (SSSR count). The van der Waals surface area contributed by atoms with Crippen molar-refractivity contribution in [1.29, 1.82) is 0 Å². The van der Waals surface area contributed by atoms with Crippen LogP contribution in [-0.2, 0) is 18.9 Å². The summed E-state index contributed by atoms with van der Waals surface area (Å²) < 4.78 is 23.1. The largest absolute Gasteiger partial charge is 0.483 e. The summed E-state index contributed by atoms with van der Waals surface area (Å²) in [4.78, 5) is 4.58. The standard InChI is InChI=1S/C20H17ClFN5OS/c1-2-9-27-19(12-28-17-6-4-3-5-16(17)22)24-25-20(27)29-13-15-11-26-10-14(21)7-8-18(26)23-15/h2-8,10-11H,1,9,12-13H2. The van der Waals surface area contributed by atoms with E-state index in [0.29, 0.717) is 28.3 Å². The van der Waals surface area contributed by atoms with Gasteiger partial charge in [-0.2, -0.15) is 0 Å². The van der Waals surface area contributed by atoms with Crippen LogP contribution in [0.5, 0.6) is 5.75 Å². The summed E-state index contributed by atoms with van der Waals surface area (Å²) in [7, 11) is 0. The fourth-order valence-electron chi connectivity index (χ4n) is 2.77. The molecule has 9 heteroatoms. The number of imidazole rings is 1. The van der Waals surface area contributed by atoms with Crippen molar-refractivity contribution >= 4 is 29.0 Å². The predicted molar refractivity (Wildman–Crippen MR) is 111 cm³/mol. The molecule has 1 aromatic carbocycles. The molecule has 148 valence electrons. The first-order valence-electron chi connectivity index (χ1n) is 8.80. The van der Waals surface area contributed by atoms with Gasteiger partial charge in [0, 0.05) is 24.7 Å². The lowest BCUT2D eigenvalue weighted by atomic mass is 10.3. The van der Waals surface area contributed by atoms with Gasteiger partial charge in [0.1, 0.15) is 12.3 Å². The first-order valence-corrected chi connectivity index (χ1v) is 10.2. The third-order valence-corrected chi connectivity index (χ3v) is 5.34. The Balaban J connectivity index is 1.48. The van der Waals surface area contributed by atoms with Gasteiger partial charge in [-0.25, -0.2) is 9.37 Å². The van der Waals surface area contributed by atoms with Crippen LogP contribution in [0.15, 0.2) is 66.6 Å². The van der Waals surface area contributed by atoms with E-state index in [1.807, 2.05) is 33.5 Å². The van der Waals surface area contributed by atoms with E-state index in [-0.39, 0.29) is 12.4 Å². The highest BCUT2D eigenvalue weighted by Gasteiger charge is 2.14. The minimum atomic E-state index is -0.413. The molecule has 3 aromatic heterocycles. The smallest absolute Gasteiger partial charge is 0.191 e. The molecule has 3 heterocycles. The molecule has 0 aliphatic rings. The van der Waals surface area contributed by atoms with Crippen LogP contribution in [-0.4, -0.2) is 24.1 Å². The van der Waals surface area contributed by atoms with Crippen LogP contribution in [0.4, 0.5) is 4.39 Å². The summed E-state index contributed by atoms with van der Waals surface area (Å²) in [6, 6.07) is 9.95. The van der Waals surface area contributed by atoms with Crippen LogP contribution >= 0.6 is 23.4 Å². The van der Waals surface area contributed by atoms with Crippen LogP contribution in [0.3, 0.4) is 0 Å². The molecule has 0 saturated carbocycles. The van der Waals surface area contributed by atoms with Crippen molar-refractivity contribution in [2.75, 3.05) is 0 Å². The SMILES string of the molecule is C=CCn1c(COc2ccccc2F)nnc1SCc1cn2cc(Cl)ccc2n1. The van der Waals surface area contributed by atoms with E-state index in [9.17, 15) is 4.39 Å². The van der Waals surface area contributed by atoms with Gasteiger partial charge in [-0.05, 0) is 24.3 Å². The second-order valence-electron chi connectivity index (χ2n) is 6.15. The first-order chi connectivity index (χ1) is 14.1. The zero-order chi connectivity index (χ0) is 20.2. The Morgan fingerprint density at radius 2 is 2.03 bits per heavy atom. The molecule has 0 fully saturated rings. The summed E-state index contributed by atoms with van der Waals surface area (Å²) in [5, 5.41) is 9.82. The quantitative estimate of drug-likeness (QED) is 0.298. The van der Waals surface area contributed by atoms with Gasteiger partial charge in [-0.15, -0.1) is 16.8 Å². The number of pyridine rings is 1. The van der Waals surface area contributed by atoms with E-state index in [0.717, 1.165) is 11.3 Å². The average Bonchev–Trinajstić information content (AvgIpc) is 3.29. The van der Waals surface area contributed by atoms with Crippen molar-refractivity contribution in [1.82, 2.24) is 24.1 Å². The molecule has 0 aliphatic carbocycles. The highest BCUT2D eigenvalue weighted by molar-refractivity contribution is 7.98. The molecule has 0 bridgehead atoms. The number of aromatic nitrogens is 5. The van der Waals surface area contributed by atoms with Crippen LogP contribution in [0.1, 0.15) is 11.5 Å². The molecule has 4 aromatic rings. The van der Waals surface area contributed by atoms with E-state index in [2.05, 4.69) is 21.8 Å². The lowest BCUT2D eigenvalue weighted by Gasteiger charge is -2.09. The van der Waals surface area contributed by atoms with Crippen LogP contribution < -0.4 is 4.74 Å². The third-order valence-electron chi connectivity index (χ3n) is 4.11. The zero-order valence-electron chi connectivity index (χ0n) is 15.3. The highest BCUT2D eigenvalue weighted by Crippen LogP contribution is 2.24. The molecule has 0 spiro atoms. The summed E-state index contributed by atoms with van der Waals surface area (Å²) in [5.41, 5.74) is 1.73. The Kier molecular flexibility index (Phi) is 5.82. The lowest BCUT2D eigenvalue weighted by Crippen LogP contribution is -2.08. The maximum Gasteiger partial charge on any atom is 0.191 e. The number of benzene rings is 1. The number of allylic oxidation sites excluding steroid dienone is 1. The van der Waals surface area contributed by atoms with Gasteiger partial charge < -0.3 is 9.14 Å². The van der Waals surface area contributed by atoms with Crippen LogP contribution in [0, 0.1) is 5.82 Å². The van der Waals surface area contributed by atoms with E-state index in [1.165, 1.54) is 17.8 Å². The summed E-state index contributed by atoms with van der Waals surface area (Å²) in [6.45, 7) is 4.42. The Hall–Kier alpha value is -2.84. The minimum absolute atomic E-state index is 0.106. The van der Waals surface area contributed by atoms with Crippen molar-refractivity contribution in [3.63, 3.8) is 0 Å². The van der Waals surface area contributed by atoms with Crippen LogP contribution in [0.2, 0.25) is 5.02 Å². The number of halogens is 2. The molecule has 6 nitrogen and oxygen atoms in total. The van der Waals surface area contributed by atoms with E-state index < -0.39 is 5.82 Å². The summed E-state index contributed by atoms with van der Waals surface area (Å²) in [5.74, 6) is 0.974. The maximum absolute atomic E-state index is 13.8. The topological polar surface area (TPSA) is 57.2 Å². The fourth-order valence-corrected chi connectivity index (χ4v) is 3.79. The van der Waals surface area contributed by atoms with Crippen molar-refractivity contribution in [3.8, 4) is 5.75 Å². The fraction of sp³-hybridized carbons (Fsp3) is 0.150. The molecule has 0 unspecified atom stereocenters. The van der Waals surface area contributed by atoms with Gasteiger partial charge >= 0.3 is 0 Å². The molecule has 0 N–H and O–H groups in total. The second-order valence-corrected chi connectivity index (χ2v) is 7.53. The lowest BCUT2D eigenvalue weighted by molar-refractivity contribution is 0.275. The molecular formula is C20H17ClFN5OS. The highest BCUT2D eigenvalue weighted by atomic mass is 35.5. The van der Waals surface area contributed by atoms with Gasteiger partial charge in [0.05, 0.1) is 10.7 Å². The number of hydrogen-bond donors (Lipinski definition) is 0. The van der Waals surface area contributed by atoms with Crippen molar-refractivity contribution < 1.29 is 9.13 Å². The predicted octanol–water partition coefficient (Wildman–Crippen LogP) is 4.78. The number of para-hydroxylation sites is 1. The van der Waals surface area contributed by atoms with E-state index in [4.69, 9.17) is 16.3 Å². The zero-order valence-corrected chi connectivity index (χ0v) is 16.9. The molecule has 0 radical (unpaired) electrons. The number of nitrogens with zero attached hydrogens (tertiary/aromatic N) is 5. The number of thioether (sulfide) groups is 1. The Labute approximate surface area is 176 Å². The monoisotopic (exact) mass is 429 g/mol. The van der Waals surface area contributed by atoms with Gasteiger partial charge in [-0.1, -0.05) is 41.6 Å². The Bertz CT molecular complexity index is 1160. The molecule has 0 amide bonds. The van der Waals surface area contributed by atoms with Crippen LogP contribution in [0.25, 0.3) is 5.65 Å². The number of ether oxygens (including phenoxy) is 1. The maximum atomic E-state index is 13.8. The third kappa shape index (κ3) is 4.44. The number of hydrogen-bond acceptors (Lipinski definition) is 5. The van der Waals surface area contributed by atoms with Crippen molar-refractivity contribution in [2.45, 2.75) is 24.1 Å². The van der Waals surface area contributed by atoms with E-state index >= 15 is 0 Å². The second kappa shape index (κ2) is 8.67. The van der Waals surface area contributed by atoms with E-state index in [1.54, 1.807) is 24.3 Å². The first kappa shape index (κ1) is 19.5. The van der Waals surface area contributed by atoms with Gasteiger partial charge in [0.25, 0.3) is 0 Å². The van der Waals surface area contributed by atoms with Gasteiger partial charge in [0.15, 0.2) is 22.5 Å². The molecule has 0 aliphatic heterocycles. The summed E-state index contributed by atoms with van der Waals surface area (Å²) in [6.07, 6.45) is 5.51. The minimum Gasteiger partial charge on any atom is -0.483 e. The van der Waals surface area contributed by atoms with Gasteiger partial charge in [0.2, 0.25) is 0 Å². The normalized spacial score (nSPS) is 11.1.